The highest BCUT2D eigenvalue weighted by atomic mass is 19.1. The van der Waals surface area contributed by atoms with Crippen LogP contribution in [-0.4, -0.2) is 17.7 Å². The van der Waals surface area contributed by atoms with Gasteiger partial charge in [0.2, 0.25) is 0 Å². The molecule has 17 heavy (non-hydrogen) atoms. The Bertz CT molecular complexity index is 411. The Kier molecular flexibility index (Phi) is 3.61. The van der Waals surface area contributed by atoms with Gasteiger partial charge in [-0.15, -0.1) is 0 Å². The van der Waals surface area contributed by atoms with Gasteiger partial charge in [-0.25, -0.2) is 9.18 Å². The Balaban J connectivity index is 1.97. The zero-order valence-corrected chi connectivity index (χ0v) is 9.49. The first-order chi connectivity index (χ1) is 8.16. The maximum Gasteiger partial charge on any atom is 0.338 e. The minimum atomic E-state index is -1.26. The van der Waals surface area contributed by atoms with Gasteiger partial charge < -0.3 is 9.84 Å². The molecular weight excluding hydrogens is 223 g/mol. The van der Waals surface area contributed by atoms with Crippen molar-refractivity contribution in [1.82, 2.24) is 0 Å². The monoisotopic (exact) mass is 238 g/mol. The molecule has 4 heteroatoms. The number of carboxylic acids is 1. The van der Waals surface area contributed by atoms with Gasteiger partial charge in [-0.3, -0.25) is 0 Å². The first kappa shape index (κ1) is 11.9. The highest BCUT2D eigenvalue weighted by molar-refractivity contribution is 5.88. The number of carbonyl (C=O) groups is 1. The second-order valence-corrected chi connectivity index (χ2v) is 4.41. The van der Waals surface area contributed by atoms with Crippen LogP contribution >= 0.6 is 0 Å². The van der Waals surface area contributed by atoms with E-state index in [2.05, 4.69) is 0 Å². The molecule has 1 saturated carbocycles. The zero-order chi connectivity index (χ0) is 12.3. The normalized spacial score (nSPS) is 16.1. The Morgan fingerprint density at radius 3 is 2.71 bits per heavy atom. The Morgan fingerprint density at radius 1 is 1.41 bits per heavy atom. The Labute approximate surface area is 99.2 Å². The van der Waals surface area contributed by atoms with Gasteiger partial charge in [-0.2, -0.15) is 0 Å². The molecular formula is C13H15FO3. The molecule has 1 aliphatic rings. The maximum atomic E-state index is 13.3. The van der Waals surface area contributed by atoms with E-state index in [9.17, 15) is 9.18 Å². The predicted octanol–water partition coefficient (Wildman–Crippen LogP) is 3.09. The van der Waals surface area contributed by atoms with E-state index >= 15 is 0 Å². The summed E-state index contributed by atoms with van der Waals surface area (Å²) in [6.45, 7) is 0.589. The number of hydrogen-bond acceptors (Lipinski definition) is 2. The fourth-order valence-corrected chi connectivity index (χ4v) is 2.15. The molecule has 0 unspecified atom stereocenters. The fourth-order valence-electron chi connectivity index (χ4n) is 2.15. The van der Waals surface area contributed by atoms with Crippen molar-refractivity contribution in [3.05, 3.63) is 29.6 Å². The SMILES string of the molecule is O=C(O)c1ccc(OCC2CCCC2)cc1F. The van der Waals surface area contributed by atoms with Crippen LogP contribution < -0.4 is 4.74 Å². The van der Waals surface area contributed by atoms with Crippen LogP contribution in [0.1, 0.15) is 36.0 Å². The van der Waals surface area contributed by atoms with E-state index in [0.29, 0.717) is 18.3 Å². The number of benzene rings is 1. The van der Waals surface area contributed by atoms with Gasteiger partial charge in [0.25, 0.3) is 0 Å². The summed E-state index contributed by atoms with van der Waals surface area (Å²) in [5.74, 6) is -1.05. The highest BCUT2D eigenvalue weighted by Crippen LogP contribution is 2.26. The lowest BCUT2D eigenvalue weighted by Crippen LogP contribution is -2.08. The molecule has 1 aromatic carbocycles. The molecule has 0 atom stereocenters. The van der Waals surface area contributed by atoms with Gasteiger partial charge in [0, 0.05) is 6.07 Å². The zero-order valence-electron chi connectivity index (χ0n) is 9.49. The summed E-state index contributed by atoms with van der Waals surface area (Å²) >= 11 is 0. The Morgan fingerprint density at radius 2 is 2.12 bits per heavy atom. The molecule has 3 nitrogen and oxygen atoms in total. The van der Waals surface area contributed by atoms with E-state index in [4.69, 9.17) is 9.84 Å². The average molecular weight is 238 g/mol. The van der Waals surface area contributed by atoms with E-state index in [1.807, 2.05) is 0 Å². The van der Waals surface area contributed by atoms with Crippen LogP contribution in [0.3, 0.4) is 0 Å². The van der Waals surface area contributed by atoms with Crippen molar-refractivity contribution in [3.63, 3.8) is 0 Å². The van der Waals surface area contributed by atoms with Crippen LogP contribution in [0.5, 0.6) is 5.75 Å². The third kappa shape index (κ3) is 2.96. The summed E-state index contributed by atoms with van der Waals surface area (Å²) in [5, 5.41) is 8.68. The van der Waals surface area contributed by atoms with Crippen LogP contribution in [0, 0.1) is 11.7 Å². The smallest absolute Gasteiger partial charge is 0.338 e. The minimum Gasteiger partial charge on any atom is -0.493 e. The number of rotatable bonds is 4. The van der Waals surface area contributed by atoms with Crippen LogP contribution in [-0.2, 0) is 0 Å². The molecule has 0 bridgehead atoms. The summed E-state index contributed by atoms with van der Waals surface area (Å²) < 4.78 is 18.8. The van der Waals surface area contributed by atoms with Crippen molar-refractivity contribution in [2.45, 2.75) is 25.7 Å². The van der Waals surface area contributed by atoms with Gasteiger partial charge in [-0.1, -0.05) is 12.8 Å². The van der Waals surface area contributed by atoms with Gasteiger partial charge in [0.05, 0.1) is 12.2 Å². The number of aromatic carboxylic acids is 1. The van der Waals surface area contributed by atoms with E-state index in [1.54, 1.807) is 0 Å². The standard InChI is InChI=1S/C13H15FO3/c14-12-7-10(5-6-11(12)13(15)16)17-8-9-3-1-2-4-9/h5-7,9H,1-4,8H2,(H,15,16). The van der Waals surface area contributed by atoms with Crippen molar-refractivity contribution in [3.8, 4) is 5.75 Å². The molecule has 0 saturated heterocycles. The molecule has 1 aromatic rings. The molecule has 0 radical (unpaired) electrons. The summed E-state index contributed by atoms with van der Waals surface area (Å²) in [7, 11) is 0. The van der Waals surface area contributed by atoms with Gasteiger partial charge in [-0.05, 0) is 30.9 Å². The number of hydrogen-bond donors (Lipinski definition) is 1. The second kappa shape index (κ2) is 5.17. The molecule has 1 N–H and O–H groups in total. The molecule has 0 amide bonds. The molecule has 0 aromatic heterocycles. The predicted molar refractivity (Wildman–Crippen MR) is 60.8 cm³/mol. The lowest BCUT2D eigenvalue weighted by Gasteiger charge is -2.11. The molecule has 0 spiro atoms. The number of ether oxygens (including phenoxy) is 1. The highest BCUT2D eigenvalue weighted by Gasteiger charge is 2.16. The fraction of sp³-hybridized carbons (Fsp3) is 0.462. The summed E-state index contributed by atoms with van der Waals surface area (Å²) in [6.07, 6.45) is 4.80. The molecule has 92 valence electrons. The third-order valence-electron chi connectivity index (χ3n) is 3.13. The van der Waals surface area contributed by atoms with Crippen molar-refractivity contribution in [2.24, 2.45) is 5.92 Å². The van der Waals surface area contributed by atoms with Crippen LogP contribution in [0.25, 0.3) is 0 Å². The summed E-state index contributed by atoms with van der Waals surface area (Å²) in [5.41, 5.74) is -0.321. The van der Waals surface area contributed by atoms with E-state index < -0.39 is 11.8 Å². The van der Waals surface area contributed by atoms with E-state index in [-0.39, 0.29) is 5.56 Å². The third-order valence-corrected chi connectivity index (χ3v) is 3.13. The minimum absolute atomic E-state index is 0.321. The quantitative estimate of drug-likeness (QED) is 0.876. The molecule has 0 heterocycles. The second-order valence-electron chi connectivity index (χ2n) is 4.41. The maximum absolute atomic E-state index is 13.3. The van der Waals surface area contributed by atoms with Crippen LogP contribution in [0.2, 0.25) is 0 Å². The molecule has 1 fully saturated rings. The number of carboxylic acid groups (broad SMARTS) is 1. The largest absolute Gasteiger partial charge is 0.493 e. The number of halogens is 1. The van der Waals surface area contributed by atoms with E-state index in [1.165, 1.54) is 25.0 Å². The van der Waals surface area contributed by atoms with Crippen molar-refractivity contribution in [1.29, 1.82) is 0 Å². The lowest BCUT2D eigenvalue weighted by molar-refractivity contribution is 0.0692. The summed E-state index contributed by atoms with van der Waals surface area (Å²) in [4.78, 5) is 10.6. The molecule has 0 aliphatic heterocycles. The Hall–Kier alpha value is -1.58. The van der Waals surface area contributed by atoms with Crippen molar-refractivity contribution < 1.29 is 19.0 Å². The topological polar surface area (TPSA) is 46.5 Å². The molecule has 1 aliphatic carbocycles. The first-order valence-corrected chi connectivity index (χ1v) is 5.82. The van der Waals surface area contributed by atoms with Gasteiger partial charge in [0.15, 0.2) is 0 Å². The average Bonchev–Trinajstić information content (AvgIpc) is 2.78. The van der Waals surface area contributed by atoms with Crippen molar-refractivity contribution >= 4 is 5.97 Å². The summed E-state index contributed by atoms with van der Waals surface area (Å²) in [6, 6.07) is 3.88. The first-order valence-electron chi connectivity index (χ1n) is 5.82. The van der Waals surface area contributed by atoms with E-state index in [0.717, 1.165) is 18.9 Å². The van der Waals surface area contributed by atoms with Crippen LogP contribution in [0.4, 0.5) is 4.39 Å². The molecule has 2 rings (SSSR count). The van der Waals surface area contributed by atoms with Crippen LogP contribution in [0.15, 0.2) is 18.2 Å². The van der Waals surface area contributed by atoms with Gasteiger partial charge >= 0.3 is 5.97 Å². The van der Waals surface area contributed by atoms with Crippen molar-refractivity contribution in [2.75, 3.05) is 6.61 Å². The lowest BCUT2D eigenvalue weighted by atomic mass is 10.1. The van der Waals surface area contributed by atoms with Gasteiger partial charge in [0.1, 0.15) is 11.6 Å².